The van der Waals surface area contributed by atoms with Crippen molar-refractivity contribution in [1.82, 2.24) is 14.8 Å². The summed E-state index contributed by atoms with van der Waals surface area (Å²) in [5.74, 6) is 0.749. The monoisotopic (exact) mass is 235 g/mol. The van der Waals surface area contributed by atoms with Gasteiger partial charge in [0.1, 0.15) is 6.33 Å². The van der Waals surface area contributed by atoms with Gasteiger partial charge in [0, 0.05) is 5.56 Å². The predicted octanol–water partition coefficient (Wildman–Crippen LogP) is 3.24. The molecular formula is C15H13N3. The van der Waals surface area contributed by atoms with E-state index in [-0.39, 0.29) is 0 Å². The normalized spacial score (nSPS) is 10.5. The first kappa shape index (κ1) is 10.7. The molecule has 0 amide bonds. The minimum absolute atomic E-state index is 0.749. The van der Waals surface area contributed by atoms with Crippen LogP contribution in [0, 0.1) is 6.92 Å². The maximum Gasteiger partial charge on any atom is 0.181 e. The van der Waals surface area contributed by atoms with E-state index in [0.29, 0.717) is 0 Å². The van der Waals surface area contributed by atoms with Crippen LogP contribution in [0.4, 0.5) is 0 Å². The lowest BCUT2D eigenvalue weighted by molar-refractivity contribution is 0.882. The van der Waals surface area contributed by atoms with Crippen molar-refractivity contribution in [3.05, 3.63) is 66.5 Å². The first-order valence-corrected chi connectivity index (χ1v) is 5.87. The van der Waals surface area contributed by atoms with E-state index < -0.39 is 0 Å². The molecule has 1 heterocycles. The third kappa shape index (κ3) is 2.02. The number of para-hydroxylation sites is 1. The number of aryl methyl sites for hydroxylation is 1. The molecule has 0 saturated heterocycles. The molecule has 0 fully saturated rings. The standard InChI is InChI=1S/C15H13N3/c1-12-7-9-13(10-8-12)15-16-11-18(17-15)14-5-3-2-4-6-14/h2-11H,1H3. The van der Waals surface area contributed by atoms with Crippen LogP contribution in [-0.2, 0) is 0 Å². The first-order valence-electron chi connectivity index (χ1n) is 5.87. The molecular weight excluding hydrogens is 222 g/mol. The van der Waals surface area contributed by atoms with Crippen molar-refractivity contribution in [1.29, 1.82) is 0 Å². The summed E-state index contributed by atoms with van der Waals surface area (Å²) in [7, 11) is 0. The van der Waals surface area contributed by atoms with Crippen molar-refractivity contribution in [3.8, 4) is 17.1 Å². The highest BCUT2D eigenvalue weighted by atomic mass is 15.3. The Balaban J connectivity index is 1.97. The largest absolute Gasteiger partial charge is 0.220 e. The smallest absolute Gasteiger partial charge is 0.181 e. The fourth-order valence-corrected chi connectivity index (χ4v) is 1.80. The van der Waals surface area contributed by atoms with Crippen molar-refractivity contribution in [2.24, 2.45) is 0 Å². The van der Waals surface area contributed by atoms with E-state index in [2.05, 4.69) is 29.1 Å². The molecule has 0 saturated carbocycles. The third-order valence-corrected chi connectivity index (χ3v) is 2.82. The Kier molecular flexibility index (Phi) is 2.65. The van der Waals surface area contributed by atoms with Crippen LogP contribution in [-0.4, -0.2) is 14.8 Å². The Morgan fingerprint density at radius 2 is 1.61 bits per heavy atom. The topological polar surface area (TPSA) is 30.7 Å². The third-order valence-electron chi connectivity index (χ3n) is 2.82. The van der Waals surface area contributed by atoms with Crippen LogP contribution in [0.5, 0.6) is 0 Å². The van der Waals surface area contributed by atoms with Gasteiger partial charge in [0.15, 0.2) is 5.82 Å². The number of hydrogen-bond acceptors (Lipinski definition) is 2. The lowest BCUT2D eigenvalue weighted by Crippen LogP contribution is -1.93. The molecule has 0 bridgehead atoms. The van der Waals surface area contributed by atoms with Crippen molar-refractivity contribution < 1.29 is 0 Å². The lowest BCUT2D eigenvalue weighted by atomic mass is 10.1. The maximum absolute atomic E-state index is 4.49. The number of hydrogen-bond donors (Lipinski definition) is 0. The van der Waals surface area contributed by atoms with Crippen molar-refractivity contribution in [2.45, 2.75) is 6.92 Å². The summed E-state index contributed by atoms with van der Waals surface area (Å²) >= 11 is 0. The molecule has 18 heavy (non-hydrogen) atoms. The van der Waals surface area contributed by atoms with Crippen LogP contribution in [0.2, 0.25) is 0 Å². The number of benzene rings is 2. The molecule has 0 radical (unpaired) electrons. The average molecular weight is 235 g/mol. The summed E-state index contributed by atoms with van der Waals surface area (Å²) in [4.78, 5) is 4.34. The fourth-order valence-electron chi connectivity index (χ4n) is 1.80. The lowest BCUT2D eigenvalue weighted by Gasteiger charge is -1.99. The second-order valence-electron chi connectivity index (χ2n) is 4.21. The molecule has 3 rings (SSSR count). The molecule has 0 aliphatic carbocycles. The van der Waals surface area contributed by atoms with Gasteiger partial charge >= 0.3 is 0 Å². The maximum atomic E-state index is 4.49. The molecule has 0 aliphatic heterocycles. The molecule has 0 spiro atoms. The second-order valence-corrected chi connectivity index (χ2v) is 4.21. The van der Waals surface area contributed by atoms with E-state index in [0.717, 1.165) is 17.1 Å². The van der Waals surface area contributed by atoms with E-state index in [4.69, 9.17) is 0 Å². The summed E-state index contributed by atoms with van der Waals surface area (Å²) < 4.78 is 1.79. The van der Waals surface area contributed by atoms with Crippen LogP contribution >= 0.6 is 0 Å². The van der Waals surface area contributed by atoms with Crippen LogP contribution < -0.4 is 0 Å². The average Bonchev–Trinajstić information content (AvgIpc) is 2.90. The Labute approximate surface area is 106 Å². The van der Waals surface area contributed by atoms with Gasteiger partial charge in [-0.2, -0.15) is 0 Å². The summed E-state index contributed by atoms with van der Waals surface area (Å²) in [5, 5.41) is 4.49. The van der Waals surface area contributed by atoms with E-state index in [1.165, 1.54) is 5.56 Å². The number of aromatic nitrogens is 3. The zero-order valence-corrected chi connectivity index (χ0v) is 10.1. The van der Waals surface area contributed by atoms with Gasteiger partial charge < -0.3 is 0 Å². The van der Waals surface area contributed by atoms with Gasteiger partial charge in [-0.15, -0.1) is 5.10 Å². The van der Waals surface area contributed by atoms with Crippen molar-refractivity contribution >= 4 is 0 Å². The summed E-state index contributed by atoms with van der Waals surface area (Å²) in [6.45, 7) is 2.07. The molecule has 0 aliphatic rings. The quantitative estimate of drug-likeness (QED) is 0.682. The van der Waals surface area contributed by atoms with Crippen LogP contribution in [0.3, 0.4) is 0 Å². The van der Waals surface area contributed by atoms with Gasteiger partial charge in [0.2, 0.25) is 0 Å². The van der Waals surface area contributed by atoms with Crippen LogP contribution in [0.1, 0.15) is 5.56 Å². The molecule has 3 aromatic rings. The van der Waals surface area contributed by atoms with Gasteiger partial charge in [-0.1, -0.05) is 48.0 Å². The Hall–Kier alpha value is -2.42. The van der Waals surface area contributed by atoms with Gasteiger partial charge in [-0.3, -0.25) is 0 Å². The molecule has 0 unspecified atom stereocenters. The highest BCUT2D eigenvalue weighted by Gasteiger charge is 2.04. The molecule has 88 valence electrons. The van der Waals surface area contributed by atoms with E-state index >= 15 is 0 Å². The van der Waals surface area contributed by atoms with Gasteiger partial charge in [-0.25, -0.2) is 9.67 Å². The zero-order chi connectivity index (χ0) is 12.4. The summed E-state index contributed by atoms with van der Waals surface area (Å²) in [6.07, 6.45) is 1.74. The summed E-state index contributed by atoms with van der Waals surface area (Å²) in [5.41, 5.74) is 3.29. The minimum atomic E-state index is 0.749. The molecule has 3 nitrogen and oxygen atoms in total. The first-order chi connectivity index (χ1) is 8.83. The van der Waals surface area contributed by atoms with Gasteiger partial charge in [0.25, 0.3) is 0 Å². The molecule has 0 N–H and O–H groups in total. The van der Waals surface area contributed by atoms with Crippen molar-refractivity contribution in [3.63, 3.8) is 0 Å². The van der Waals surface area contributed by atoms with Gasteiger partial charge in [-0.05, 0) is 19.1 Å². The molecule has 2 aromatic carbocycles. The fraction of sp³-hybridized carbons (Fsp3) is 0.0667. The molecule has 1 aromatic heterocycles. The Bertz CT molecular complexity index is 639. The number of rotatable bonds is 2. The zero-order valence-electron chi connectivity index (χ0n) is 10.1. The summed E-state index contributed by atoms with van der Waals surface area (Å²) in [6, 6.07) is 18.2. The highest BCUT2D eigenvalue weighted by Crippen LogP contribution is 2.16. The Morgan fingerprint density at radius 3 is 2.33 bits per heavy atom. The van der Waals surface area contributed by atoms with Crippen LogP contribution in [0.25, 0.3) is 17.1 Å². The molecule has 0 atom stereocenters. The van der Waals surface area contributed by atoms with E-state index in [1.54, 1.807) is 11.0 Å². The molecule has 3 heteroatoms. The van der Waals surface area contributed by atoms with Crippen LogP contribution in [0.15, 0.2) is 60.9 Å². The predicted molar refractivity (Wildman–Crippen MR) is 71.5 cm³/mol. The number of nitrogens with zero attached hydrogens (tertiary/aromatic N) is 3. The second kappa shape index (κ2) is 4.45. The minimum Gasteiger partial charge on any atom is -0.220 e. The van der Waals surface area contributed by atoms with Crippen molar-refractivity contribution in [2.75, 3.05) is 0 Å². The van der Waals surface area contributed by atoms with Gasteiger partial charge in [0.05, 0.1) is 5.69 Å². The van der Waals surface area contributed by atoms with E-state index in [1.807, 2.05) is 42.5 Å². The SMILES string of the molecule is Cc1ccc(-c2ncn(-c3ccccc3)n2)cc1. The van der Waals surface area contributed by atoms with E-state index in [9.17, 15) is 0 Å². The highest BCUT2D eigenvalue weighted by molar-refractivity contribution is 5.54. The Morgan fingerprint density at radius 1 is 0.889 bits per heavy atom.